The Hall–Kier alpha value is -4.14. The summed E-state index contributed by atoms with van der Waals surface area (Å²) in [5, 5.41) is 1.47. The highest BCUT2D eigenvalue weighted by Gasteiger charge is 2.32. The van der Waals surface area contributed by atoms with E-state index in [1.165, 1.54) is 7.11 Å². The maximum atomic E-state index is 12.8. The number of methoxy groups -OCH3 is 2. The molecule has 9 nitrogen and oxygen atoms in total. The molecule has 0 N–H and O–H groups in total. The lowest BCUT2D eigenvalue weighted by Gasteiger charge is -2.18. The summed E-state index contributed by atoms with van der Waals surface area (Å²) < 4.78 is 38.1. The Morgan fingerprint density at radius 3 is 2.29 bits per heavy atom. The molecule has 0 aromatic heterocycles. The Balaban J connectivity index is 1.81. The summed E-state index contributed by atoms with van der Waals surface area (Å²) in [6.07, 6.45) is -1.26. The third-order valence-electron chi connectivity index (χ3n) is 5.56. The van der Waals surface area contributed by atoms with Gasteiger partial charge in [-0.25, -0.2) is 9.59 Å². The van der Waals surface area contributed by atoms with E-state index in [9.17, 15) is 9.59 Å². The van der Waals surface area contributed by atoms with Gasteiger partial charge in [0.15, 0.2) is 23.0 Å². The van der Waals surface area contributed by atoms with Crippen molar-refractivity contribution in [3.63, 3.8) is 0 Å². The smallest absolute Gasteiger partial charge is 0.493 e. The Morgan fingerprint density at radius 2 is 1.59 bits per heavy atom. The minimum absolute atomic E-state index is 0.0232. The maximum Gasteiger partial charge on any atom is 0.514 e. The number of fused-ring (bicyclic) bond motifs is 3. The van der Waals surface area contributed by atoms with Crippen LogP contribution in [-0.4, -0.2) is 39.2 Å². The summed E-state index contributed by atoms with van der Waals surface area (Å²) in [5.41, 5.74) is 2.04. The zero-order chi connectivity index (χ0) is 24.0. The van der Waals surface area contributed by atoms with Crippen molar-refractivity contribution in [3.8, 4) is 39.9 Å². The number of hydrogen-bond donors (Lipinski definition) is 0. The fourth-order valence-corrected chi connectivity index (χ4v) is 4.14. The first kappa shape index (κ1) is 21.7. The van der Waals surface area contributed by atoms with Gasteiger partial charge in [-0.15, -0.1) is 0 Å². The van der Waals surface area contributed by atoms with E-state index in [0.29, 0.717) is 50.6 Å². The standard InChI is InChI=1S/C25H22O9/c1-12(2)33-25(27)34-17-9-21-20(31-11-32-21)8-16(17)23-15-7-19(29-4)18(28-3)6-13(15)5-14-10-30-24(26)22(14)23/h5-9,12H,10-11H2,1-4H3. The second-order valence-corrected chi connectivity index (χ2v) is 8.01. The zero-order valence-corrected chi connectivity index (χ0v) is 19.1. The van der Waals surface area contributed by atoms with Gasteiger partial charge in [0.2, 0.25) is 6.79 Å². The summed E-state index contributed by atoms with van der Waals surface area (Å²) in [4.78, 5) is 25.2. The average molecular weight is 466 g/mol. The largest absolute Gasteiger partial charge is 0.514 e. The number of esters is 1. The highest BCUT2D eigenvalue weighted by atomic mass is 16.7. The number of rotatable bonds is 5. The van der Waals surface area contributed by atoms with Gasteiger partial charge in [0.05, 0.1) is 25.9 Å². The molecule has 0 spiro atoms. The van der Waals surface area contributed by atoms with Crippen LogP contribution in [0.2, 0.25) is 0 Å². The van der Waals surface area contributed by atoms with Gasteiger partial charge in [0.1, 0.15) is 12.4 Å². The van der Waals surface area contributed by atoms with Crippen LogP contribution in [0.25, 0.3) is 21.9 Å². The van der Waals surface area contributed by atoms with Gasteiger partial charge in [0.25, 0.3) is 0 Å². The van der Waals surface area contributed by atoms with E-state index < -0.39 is 12.1 Å². The molecule has 0 saturated heterocycles. The normalized spacial score (nSPS) is 13.6. The molecule has 0 fully saturated rings. The summed E-state index contributed by atoms with van der Waals surface area (Å²) in [6.45, 7) is 3.58. The van der Waals surface area contributed by atoms with Crippen LogP contribution in [0.3, 0.4) is 0 Å². The summed E-state index contributed by atoms with van der Waals surface area (Å²) in [7, 11) is 3.08. The van der Waals surface area contributed by atoms with Crippen LogP contribution < -0.4 is 23.7 Å². The second-order valence-electron chi connectivity index (χ2n) is 8.01. The number of carbonyl (C=O) groups is 2. The average Bonchev–Trinajstić information content (AvgIpc) is 3.41. The monoisotopic (exact) mass is 466 g/mol. The van der Waals surface area contributed by atoms with E-state index in [4.69, 9.17) is 33.2 Å². The molecule has 5 rings (SSSR count). The van der Waals surface area contributed by atoms with Crippen molar-refractivity contribution in [1.29, 1.82) is 0 Å². The van der Waals surface area contributed by atoms with E-state index in [-0.39, 0.29) is 25.3 Å². The van der Waals surface area contributed by atoms with E-state index in [1.54, 1.807) is 39.2 Å². The molecule has 2 aliphatic heterocycles. The number of benzene rings is 3. The van der Waals surface area contributed by atoms with E-state index in [0.717, 1.165) is 5.39 Å². The molecule has 34 heavy (non-hydrogen) atoms. The molecular formula is C25H22O9. The summed E-state index contributed by atoms with van der Waals surface area (Å²) in [5.74, 6) is 1.56. The number of cyclic esters (lactones) is 1. The van der Waals surface area contributed by atoms with Crippen LogP contribution in [0.4, 0.5) is 4.79 Å². The zero-order valence-electron chi connectivity index (χ0n) is 19.1. The highest BCUT2D eigenvalue weighted by molar-refractivity contribution is 6.12. The molecule has 0 aliphatic carbocycles. The van der Waals surface area contributed by atoms with Gasteiger partial charge in [-0.05, 0) is 48.9 Å². The van der Waals surface area contributed by atoms with Crippen LogP contribution in [0.5, 0.6) is 28.7 Å². The lowest BCUT2D eigenvalue weighted by Crippen LogP contribution is -2.16. The van der Waals surface area contributed by atoms with Gasteiger partial charge in [-0.2, -0.15) is 0 Å². The van der Waals surface area contributed by atoms with Crippen molar-refractivity contribution in [2.75, 3.05) is 21.0 Å². The fraction of sp³-hybridized carbons (Fsp3) is 0.280. The van der Waals surface area contributed by atoms with Gasteiger partial charge >= 0.3 is 12.1 Å². The Kier molecular flexibility index (Phi) is 5.31. The topological polar surface area (TPSA) is 98.8 Å². The molecular weight excluding hydrogens is 444 g/mol. The SMILES string of the molecule is COc1cc2cc3c(c(-c4cc5c(cc4OC(=O)OC(C)C)OCO5)c2cc1OC)C(=O)OC3. The Morgan fingerprint density at radius 1 is 0.882 bits per heavy atom. The predicted octanol–water partition coefficient (Wildman–Crippen LogP) is 4.85. The molecule has 0 saturated carbocycles. The Bertz CT molecular complexity index is 1330. The van der Waals surface area contributed by atoms with Crippen molar-refractivity contribution in [1.82, 2.24) is 0 Å². The molecule has 2 heterocycles. The predicted molar refractivity (Wildman–Crippen MR) is 120 cm³/mol. The van der Waals surface area contributed by atoms with Gasteiger partial charge in [0, 0.05) is 22.8 Å². The summed E-state index contributed by atoms with van der Waals surface area (Å²) in [6, 6.07) is 8.70. The first-order valence-corrected chi connectivity index (χ1v) is 10.6. The molecule has 9 heteroatoms. The Labute approximate surface area is 195 Å². The molecule has 0 unspecified atom stereocenters. The second kappa shape index (κ2) is 8.33. The van der Waals surface area contributed by atoms with Crippen molar-refractivity contribution >= 4 is 22.9 Å². The van der Waals surface area contributed by atoms with Crippen LogP contribution >= 0.6 is 0 Å². The number of carbonyl (C=O) groups excluding carboxylic acids is 2. The summed E-state index contributed by atoms with van der Waals surface area (Å²) >= 11 is 0. The van der Waals surface area contributed by atoms with Crippen LogP contribution in [0, 0.1) is 0 Å². The fourth-order valence-electron chi connectivity index (χ4n) is 4.14. The lowest BCUT2D eigenvalue weighted by atomic mass is 9.89. The van der Waals surface area contributed by atoms with E-state index in [2.05, 4.69) is 0 Å². The molecule has 3 aromatic carbocycles. The quantitative estimate of drug-likeness (QED) is 0.386. The van der Waals surface area contributed by atoms with Gasteiger partial charge < -0.3 is 33.2 Å². The third-order valence-corrected chi connectivity index (χ3v) is 5.56. The third kappa shape index (κ3) is 3.59. The van der Waals surface area contributed by atoms with Gasteiger partial charge in [-0.3, -0.25) is 0 Å². The minimum atomic E-state index is -0.881. The molecule has 2 aliphatic rings. The molecule has 0 radical (unpaired) electrons. The maximum absolute atomic E-state index is 12.8. The van der Waals surface area contributed by atoms with Crippen molar-refractivity contribution in [2.24, 2.45) is 0 Å². The number of hydrogen-bond acceptors (Lipinski definition) is 9. The molecule has 0 bridgehead atoms. The van der Waals surface area contributed by atoms with Crippen molar-refractivity contribution < 1.29 is 42.7 Å². The number of ether oxygens (including phenoxy) is 7. The molecule has 176 valence electrons. The van der Waals surface area contributed by atoms with Gasteiger partial charge in [-0.1, -0.05) is 0 Å². The van der Waals surface area contributed by atoms with Crippen LogP contribution in [0.15, 0.2) is 30.3 Å². The van der Waals surface area contributed by atoms with Crippen LogP contribution in [0.1, 0.15) is 29.8 Å². The molecule has 0 amide bonds. The van der Waals surface area contributed by atoms with Crippen LogP contribution in [-0.2, 0) is 16.1 Å². The van der Waals surface area contributed by atoms with E-state index in [1.807, 2.05) is 12.1 Å². The van der Waals surface area contributed by atoms with E-state index >= 15 is 0 Å². The molecule has 3 aromatic rings. The first-order chi connectivity index (χ1) is 16.4. The van der Waals surface area contributed by atoms with Crippen molar-refractivity contribution in [3.05, 3.63) is 41.5 Å². The lowest BCUT2D eigenvalue weighted by molar-refractivity contribution is 0.0535. The minimum Gasteiger partial charge on any atom is -0.493 e. The van der Waals surface area contributed by atoms with Crippen molar-refractivity contribution in [2.45, 2.75) is 26.6 Å². The molecule has 0 atom stereocenters. The first-order valence-electron chi connectivity index (χ1n) is 10.6. The highest BCUT2D eigenvalue weighted by Crippen LogP contribution is 2.48.